The van der Waals surface area contributed by atoms with Gasteiger partial charge in [0.2, 0.25) is 0 Å². The molecule has 3 aliphatic carbocycles. The van der Waals surface area contributed by atoms with Gasteiger partial charge in [-0.05, 0) is 92.7 Å². The van der Waals surface area contributed by atoms with Crippen molar-refractivity contribution in [3.05, 3.63) is 118 Å². The maximum atomic E-state index is 7.38. The molecule has 1 aromatic carbocycles. The second-order valence-corrected chi connectivity index (χ2v) is 11.3. The van der Waals surface area contributed by atoms with Crippen molar-refractivity contribution in [3.8, 4) is 11.3 Å². The summed E-state index contributed by atoms with van der Waals surface area (Å²) in [5.41, 5.74) is 14.5. The van der Waals surface area contributed by atoms with E-state index >= 15 is 0 Å². The van der Waals surface area contributed by atoms with Crippen molar-refractivity contribution >= 4 is 11.8 Å². The number of aryl methyl sites for hydroxylation is 4. The van der Waals surface area contributed by atoms with Crippen LogP contribution in [0.3, 0.4) is 0 Å². The van der Waals surface area contributed by atoms with E-state index in [0.717, 1.165) is 36.2 Å². The SMILES string of the molecule is Cc1c[c-]c(-c2cc(C3CCCC3)c(C)cn2)c(C)c1.Cc1ccnc2c1C1=C(C=C[CH-]C1)C2.[2H]C1C=NC=C(C([2H])([2H])[2H])C1[2H].[Ir]. The Morgan fingerprint density at radius 1 is 1.05 bits per heavy atom. The van der Waals surface area contributed by atoms with E-state index in [-0.39, 0.29) is 25.7 Å². The summed E-state index contributed by atoms with van der Waals surface area (Å²) in [5, 5.41) is 0. The van der Waals surface area contributed by atoms with Gasteiger partial charge in [0.05, 0.1) is 5.69 Å². The molecule has 7 rings (SSSR count). The van der Waals surface area contributed by atoms with Gasteiger partial charge < -0.3 is 4.98 Å². The largest absolute Gasteiger partial charge is 0.304 e. The summed E-state index contributed by atoms with van der Waals surface area (Å²) in [6.07, 6.45) is 18.6. The molecule has 3 heterocycles. The van der Waals surface area contributed by atoms with Crippen molar-refractivity contribution in [3.63, 3.8) is 0 Å². The van der Waals surface area contributed by atoms with Crippen LogP contribution in [0.15, 0.2) is 71.1 Å². The molecule has 2 unspecified atom stereocenters. The number of nitrogens with zero attached hydrogens (tertiary/aromatic N) is 3. The third-order valence-corrected chi connectivity index (χ3v) is 8.18. The topological polar surface area (TPSA) is 38.1 Å². The van der Waals surface area contributed by atoms with Crippen molar-refractivity contribution < 1.29 is 27.0 Å². The molecule has 221 valence electrons. The average molecular weight is 739 g/mol. The van der Waals surface area contributed by atoms with Gasteiger partial charge in [0.1, 0.15) is 0 Å². The van der Waals surface area contributed by atoms with Crippen LogP contribution >= 0.6 is 0 Å². The number of hydrogen-bond donors (Lipinski definition) is 0. The average Bonchev–Trinajstić information content (AvgIpc) is 3.68. The van der Waals surface area contributed by atoms with Crippen LogP contribution in [0.4, 0.5) is 0 Å². The molecule has 0 saturated heterocycles. The molecule has 0 spiro atoms. The Morgan fingerprint density at radius 2 is 1.88 bits per heavy atom. The zero-order chi connectivity index (χ0) is 33.0. The fourth-order valence-electron chi connectivity index (χ4n) is 6.12. The number of rotatable bonds is 2. The third kappa shape index (κ3) is 7.65. The molecular weight excluding hydrogens is 691 g/mol. The van der Waals surface area contributed by atoms with Crippen LogP contribution in [0.1, 0.15) is 104 Å². The summed E-state index contributed by atoms with van der Waals surface area (Å²) in [7, 11) is 0. The van der Waals surface area contributed by atoms with E-state index in [1.807, 2.05) is 12.4 Å². The first-order chi connectivity index (χ1) is 21.9. The molecular formula is C38H43IrN3-2. The summed E-state index contributed by atoms with van der Waals surface area (Å²) >= 11 is 0. The van der Waals surface area contributed by atoms with Gasteiger partial charge in [0.15, 0.2) is 0 Å². The number of hydrogen-bond acceptors (Lipinski definition) is 3. The Balaban J connectivity index is 0.000000164. The van der Waals surface area contributed by atoms with Crippen molar-refractivity contribution in [1.29, 1.82) is 0 Å². The van der Waals surface area contributed by atoms with E-state index in [0.29, 0.717) is 0 Å². The van der Waals surface area contributed by atoms with Crippen LogP contribution in [-0.4, -0.2) is 16.2 Å². The molecule has 3 nitrogen and oxygen atoms in total. The van der Waals surface area contributed by atoms with E-state index in [4.69, 9.17) is 6.85 Å². The molecule has 3 aromatic rings. The number of aliphatic imine (C=N–C) groups is 1. The first kappa shape index (κ1) is 25.4. The summed E-state index contributed by atoms with van der Waals surface area (Å²) < 4.78 is 35.7. The molecule has 0 N–H and O–H groups in total. The molecule has 1 aliphatic heterocycles. The zero-order valence-corrected chi connectivity index (χ0v) is 27.4. The standard InChI is InChI=1S/C19H22N.C13H12N.C6H9N.Ir/c1-13-8-9-17(14(2)10-13)19-11-18(15(3)12-20-19)16-6-4-5-7-16;1-9-6-7-14-12-8-10-4-2-3-5-11(10)13(9)12;1-6-3-2-4-7-5-6;/h8,10-12,16H,4-7H2,1-3H3;2-4,6-7H,5,8H2,1H3;4-5H,2-3H2,1H3;/q2*-1;;/i;;1D3,2D,3D;. The minimum absolute atomic E-state index is 0. The van der Waals surface area contributed by atoms with Crippen LogP contribution in [0.2, 0.25) is 0 Å². The Bertz CT molecular complexity index is 1700. The minimum atomic E-state index is -2.29. The molecule has 1 fully saturated rings. The van der Waals surface area contributed by atoms with Crippen LogP contribution < -0.4 is 0 Å². The number of allylic oxidation sites excluding steroid dienone is 5. The summed E-state index contributed by atoms with van der Waals surface area (Å²) in [4.78, 5) is 12.7. The zero-order valence-electron chi connectivity index (χ0n) is 30.0. The molecule has 1 radical (unpaired) electrons. The first-order valence-corrected chi connectivity index (χ1v) is 14.6. The van der Waals surface area contributed by atoms with Crippen LogP contribution in [0.5, 0.6) is 0 Å². The fraction of sp³-hybridized carbons (Fsp3) is 0.368. The molecule has 4 heteroatoms. The van der Waals surface area contributed by atoms with E-state index in [1.165, 1.54) is 82.1 Å². The summed E-state index contributed by atoms with van der Waals surface area (Å²) in [6, 6.07) is 12.1. The van der Waals surface area contributed by atoms with Gasteiger partial charge >= 0.3 is 0 Å². The molecule has 2 aromatic heterocycles. The van der Waals surface area contributed by atoms with Crippen molar-refractivity contribution in [2.75, 3.05) is 0 Å². The predicted octanol–water partition coefficient (Wildman–Crippen LogP) is 9.75. The van der Waals surface area contributed by atoms with Crippen molar-refractivity contribution in [2.45, 2.75) is 91.8 Å². The van der Waals surface area contributed by atoms with Gasteiger partial charge in [-0.2, -0.15) is 0 Å². The predicted molar refractivity (Wildman–Crippen MR) is 173 cm³/mol. The Labute approximate surface area is 273 Å². The molecule has 1 saturated carbocycles. The summed E-state index contributed by atoms with van der Waals surface area (Å²) in [6.45, 7) is 6.34. The minimum Gasteiger partial charge on any atom is -0.304 e. The number of pyridine rings is 2. The second-order valence-electron chi connectivity index (χ2n) is 11.3. The molecule has 2 atom stereocenters. The number of aromatic nitrogens is 2. The van der Waals surface area contributed by atoms with Crippen molar-refractivity contribution in [2.24, 2.45) is 4.99 Å². The maximum absolute atomic E-state index is 7.38. The van der Waals surface area contributed by atoms with Gasteiger partial charge in [-0.3, -0.25) is 9.98 Å². The Hall–Kier alpha value is -3.07. The van der Waals surface area contributed by atoms with Gasteiger partial charge in [-0.15, -0.1) is 40.5 Å². The van der Waals surface area contributed by atoms with E-state index < -0.39 is 19.6 Å². The summed E-state index contributed by atoms with van der Waals surface area (Å²) in [5.74, 6) is 0.738. The Morgan fingerprint density at radius 3 is 2.64 bits per heavy atom. The van der Waals surface area contributed by atoms with Gasteiger partial charge in [0.25, 0.3) is 0 Å². The molecule has 0 amide bonds. The molecule has 42 heavy (non-hydrogen) atoms. The fourth-order valence-corrected chi connectivity index (χ4v) is 6.12. The third-order valence-electron chi connectivity index (χ3n) is 8.18. The van der Waals surface area contributed by atoms with Gasteiger partial charge in [-0.1, -0.05) is 50.3 Å². The normalized spacial score (nSPS) is 22.2. The second kappa shape index (κ2) is 14.9. The van der Waals surface area contributed by atoms with E-state index in [2.05, 4.69) is 91.6 Å². The van der Waals surface area contributed by atoms with E-state index in [9.17, 15) is 0 Å². The van der Waals surface area contributed by atoms with Crippen LogP contribution in [0.25, 0.3) is 16.8 Å². The number of fused-ring (bicyclic) bond motifs is 2. The van der Waals surface area contributed by atoms with E-state index in [1.54, 1.807) is 0 Å². The molecule has 0 bridgehead atoms. The van der Waals surface area contributed by atoms with Crippen molar-refractivity contribution in [1.82, 2.24) is 9.97 Å². The quantitative estimate of drug-likeness (QED) is 0.246. The smallest absolute Gasteiger partial charge is 0.0508 e. The Kier molecular flexibility index (Phi) is 9.02. The van der Waals surface area contributed by atoms with Crippen LogP contribution in [-0.2, 0) is 26.5 Å². The monoisotopic (exact) mass is 739 g/mol. The number of benzene rings is 1. The van der Waals surface area contributed by atoms with Gasteiger partial charge in [-0.25, -0.2) is 18.6 Å². The maximum Gasteiger partial charge on any atom is 0.0508 e. The van der Waals surface area contributed by atoms with Crippen LogP contribution in [0, 0.1) is 40.2 Å². The first-order valence-electron chi connectivity index (χ1n) is 17.3. The van der Waals surface area contributed by atoms with Gasteiger partial charge in [0, 0.05) is 51.8 Å². The molecule has 4 aliphatic rings.